The summed E-state index contributed by atoms with van der Waals surface area (Å²) in [6.07, 6.45) is 1.77. The van der Waals surface area contributed by atoms with E-state index in [0.29, 0.717) is 11.1 Å². The van der Waals surface area contributed by atoms with Crippen LogP contribution in [0.5, 0.6) is 0 Å². The minimum absolute atomic E-state index is 0.0391. The van der Waals surface area contributed by atoms with E-state index < -0.39 is 0 Å². The lowest BCUT2D eigenvalue weighted by Crippen LogP contribution is -2.15. The molecule has 0 radical (unpaired) electrons. The lowest BCUT2D eigenvalue weighted by molar-refractivity contribution is 0.104. The van der Waals surface area contributed by atoms with Crippen LogP contribution >= 0.6 is 0 Å². The molecule has 12 rings (SSSR count). The minimum Gasteiger partial charge on any atom is -0.308 e. The minimum atomic E-state index is -0.0812. The Bertz CT molecular complexity index is 3130. The van der Waals surface area contributed by atoms with Gasteiger partial charge in [-0.3, -0.25) is 4.79 Å². The summed E-state index contributed by atoms with van der Waals surface area (Å²) in [5.41, 5.74) is 12.9. The predicted octanol–water partition coefficient (Wildman–Crippen LogP) is 10.9. The maximum Gasteiger partial charge on any atom is 0.194 e. The van der Waals surface area contributed by atoms with Gasteiger partial charge in [-0.15, -0.1) is 0 Å². The summed E-state index contributed by atoms with van der Waals surface area (Å²) < 4.78 is 2.47. The van der Waals surface area contributed by atoms with Crippen LogP contribution in [0, 0.1) is 0 Å². The smallest absolute Gasteiger partial charge is 0.194 e. The fourth-order valence-electron chi connectivity index (χ4n) is 9.43. The van der Waals surface area contributed by atoms with E-state index in [2.05, 4.69) is 95.4 Å². The van der Waals surface area contributed by atoms with Gasteiger partial charge in [0.25, 0.3) is 0 Å². The van der Waals surface area contributed by atoms with Crippen molar-refractivity contribution in [2.24, 2.45) is 0 Å². The van der Waals surface area contributed by atoms with Crippen molar-refractivity contribution in [3.05, 3.63) is 162 Å². The van der Waals surface area contributed by atoms with Crippen molar-refractivity contribution in [1.82, 2.24) is 14.4 Å². The number of hydrogen-bond acceptors (Lipinski definition) is 3. The number of fused-ring (bicyclic) bond motifs is 14. The van der Waals surface area contributed by atoms with Crippen LogP contribution in [-0.2, 0) is 6.42 Å². The van der Waals surface area contributed by atoms with Crippen LogP contribution < -0.4 is 0 Å². The van der Waals surface area contributed by atoms with Gasteiger partial charge in [0.15, 0.2) is 5.78 Å². The van der Waals surface area contributed by atoms with Gasteiger partial charge >= 0.3 is 0 Å². The topological polar surface area (TPSA) is 47.3 Å². The van der Waals surface area contributed by atoms with Crippen LogP contribution in [-0.4, -0.2) is 20.2 Å². The number of rotatable bonds is 1. The molecule has 0 saturated heterocycles. The van der Waals surface area contributed by atoms with Gasteiger partial charge in [-0.05, 0) is 70.1 Å². The standard InChI is InChI=1S/C46H27N3O/c50-45-30-14-4-3-13-29(30)43-41-32(45)16-9-17-36(41)47-46(48-43)33-23-22-26-21-20-25-10-1-2-11-27(25)39(26)35-24-34-28-12-5-7-18-37(28)49-38-19-8-6-15-31(38)42(40(33)35)44(34)49/h1-21,24,33H,22-23H2. The maximum atomic E-state index is 13.7. The molecular weight excluding hydrogens is 611 g/mol. The number of aromatic nitrogens is 3. The zero-order valence-electron chi connectivity index (χ0n) is 26.9. The Morgan fingerprint density at radius 2 is 1.30 bits per heavy atom. The summed E-state index contributed by atoms with van der Waals surface area (Å²) in [6, 6.07) is 47.4. The highest BCUT2D eigenvalue weighted by molar-refractivity contribution is 6.27. The van der Waals surface area contributed by atoms with Crippen LogP contribution in [0.15, 0.2) is 133 Å². The molecule has 1 atom stereocenters. The van der Waals surface area contributed by atoms with Crippen molar-refractivity contribution in [1.29, 1.82) is 0 Å². The van der Waals surface area contributed by atoms with Gasteiger partial charge in [-0.25, -0.2) is 9.97 Å². The largest absolute Gasteiger partial charge is 0.308 e. The molecule has 0 fully saturated rings. The lowest BCUT2D eigenvalue weighted by Gasteiger charge is -2.23. The summed E-state index contributed by atoms with van der Waals surface area (Å²) in [5.74, 6) is 0.772. The Morgan fingerprint density at radius 3 is 2.18 bits per heavy atom. The molecule has 0 spiro atoms. The molecule has 0 amide bonds. The average molecular weight is 638 g/mol. The summed E-state index contributed by atoms with van der Waals surface area (Å²) in [4.78, 5) is 24.5. The van der Waals surface area contributed by atoms with Gasteiger partial charge in [0, 0.05) is 49.5 Å². The first-order valence-electron chi connectivity index (χ1n) is 17.4. The van der Waals surface area contributed by atoms with E-state index in [-0.39, 0.29) is 11.7 Å². The van der Waals surface area contributed by atoms with Gasteiger partial charge in [-0.1, -0.05) is 109 Å². The highest BCUT2D eigenvalue weighted by Crippen LogP contribution is 2.52. The molecule has 0 N–H and O–H groups in total. The van der Waals surface area contributed by atoms with Crippen LogP contribution in [0.25, 0.3) is 82.2 Å². The van der Waals surface area contributed by atoms with E-state index in [1.54, 1.807) is 0 Å². The second kappa shape index (κ2) is 9.40. The SMILES string of the molecule is O=C1c2ccccc2-c2nc(C3CCc4ccc5ccccc5c4-c4cc5c6ccccc6n6c7ccccc7c(c43)c56)nc3cccc1c23. The first-order chi connectivity index (χ1) is 24.7. The van der Waals surface area contributed by atoms with Gasteiger partial charge < -0.3 is 4.40 Å². The third kappa shape index (κ3) is 3.24. The van der Waals surface area contributed by atoms with Crippen molar-refractivity contribution in [2.75, 3.05) is 0 Å². The maximum absolute atomic E-state index is 13.7. The molecule has 3 heterocycles. The van der Waals surface area contributed by atoms with Gasteiger partial charge in [-0.2, -0.15) is 0 Å². The van der Waals surface area contributed by atoms with E-state index in [9.17, 15) is 4.79 Å². The number of ketones is 1. The zero-order valence-corrected chi connectivity index (χ0v) is 26.9. The Kier molecular flexibility index (Phi) is 4.99. The Morgan fingerprint density at radius 1 is 0.580 bits per heavy atom. The molecule has 0 saturated carbocycles. The van der Waals surface area contributed by atoms with Crippen molar-refractivity contribution < 1.29 is 4.79 Å². The molecular formula is C46H27N3O. The van der Waals surface area contributed by atoms with Crippen LogP contribution in [0.4, 0.5) is 0 Å². The molecule has 3 aromatic heterocycles. The summed E-state index contributed by atoms with van der Waals surface area (Å²) in [7, 11) is 0. The number of carbonyl (C=O) groups excluding carboxylic acids is 1. The number of carbonyl (C=O) groups is 1. The number of nitrogens with zero attached hydrogens (tertiary/aromatic N) is 3. The van der Waals surface area contributed by atoms with Crippen LogP contribution in [0.2, 0.25) is 0 Å². The fourth-order valence-corrected chi connectivity index (χ4v) is 9.43. The quantitative estimate of drug-likeness (QED) is 0.180. The molecule has 4 nitrogen and oxygen atoms in total. The molecule has 2 aliphatic carbocycles. The molecule has 0 aliphatic heterocycles. The zero-order chi connectivity index (χ0) is 32.7. The Hall–Kier alpha value is -6.39. The molecule has 1 unspecified atom stereocenters. The second-order valence-corrected chi connectivity index (χ2v) is 13.9. The van der Waals surface area contributed by atoms with E-state index in [1.165, 1.54) is 71.1 Å². The summed E-state index contributed by atoms with van der Waals surface area (Å²) in [5, 5.41) is 8.46. The summed E-state index contributed by atoms with van der Waals surface area (Å²) >= 11 is 0. The first kappa shape index (κ1) is 26.6. The van der Waals surface area contributed by atoms with E-state index in [1.807, 2.05) is 42.5 Å². The molecule has 0 bridgehead atoms. The van der Waals surface area contributed by atoms with E-state index in [0.717, 1.165) is 40.8 Å². The molecule has 7 aromatic carbocycles. The number of aryl methyl sites for hydroxylation is 1. The molecule has 232 valence electrons. The normalized spacial score (nSPS) is 15.3. The molecule has 50 heavy (non-hydrogen) atoms. The number of benzene rings is 7. The first-order valence-corrected chi connectivity index (χ1v) is 17.4. The average Bonchev–Trinajstić information content (AvgIpc) is 3.62. The summed E-state index contributed by atoms with van der Waals surface area (Å²) in [6.45, 7) is 0. The third-order valence-electron chi connectivity index (χ3n) is 11.5. The molecule has 2 aliphatic rings. The van der Waals surface area contributed by atoms with E-state index >= 15 is 0 Å². The highest BCUT2D eigenvalue weighted by Gasteiger charge is 2.34. The Labute approximate surface area is 286 Å². The van der Waals surface area contributed by atoms with Gasteiger partial charge in [0.2, 0.25) is 0 Å². The van der Waals surface area contributed by atoms with Gasteiger partial charge in [0.05, 0.1) is 27.8 Å². The van der Waals surface area contributed by atoms with Crippen molar-refractivity contribution in [2.45, 2.75) is 18.8 Å². The van der Waals surface area contributed by atoms with Crippen LogP contribution in [0.3, 0.4) is 0 Å². The van der Waals surface area contributed by atoms with Crippen molar-refractivity contribution in [3.8, 4) is 22.4 Å². The Balaban J connectivity index is 1.27. The predicted molar refractivity (Wildman–Crippen MR) is 203 cm³/mol. The number of hydrogen-bond donors (Lipinski definition) is 0. The van der Waals surface area contributed by atoms with Crippen LogP contribution in [0.1, 0.15) is 45.2 Å². The van der Waals surface area contributed by atoms with Crippen molar-refractivity contribution in [3.63, 3.8) is 0 Å². The second-order valence-electron chi connectivity index (χ2n) is 13.9. The monoisotopic (exact) mass is 637 g/mol. The highest BCUT2D eigenvalue weighted by atomic mass is 16.1. The number of para-hydroxylation sites is 2. The van der Waals surface area contributed by atoms with Gasteiger partial charge in [0.1, 0.15) is 5.82 Å². The lowest BCUT2D eigenvalue weighted by atomic mass is 9.83. The molecule has 10 aromatic rings. The third-order valence-corrected chi connectivity index (χ3v) is 11.5. The van der Waals surface area contributed by atoms with E-state index in [4.69, 9.17) is 9.97 Å². The van der Waals surface area contributed by atoms with Crippen molar-refractivity contribution >= 4 is 65.6 Å². The fraction of sp³-hybridized carbons (Fsp3) is 0.0652. The molecule has 4 heteroatoms.